The predicted octanol–water partition coefficient (Wildman–Crippen LogP) is 3.50. The highest BCUT2D eigenvalue weighted by Crippen LogP contribution is 2.39. The number of aromatic nitrogens is 1. The molecule has 0 N–H and O–H groups in total. The first kappa shape index (κ1) is 22.5. The molecule has 170 valence electrons. The fourth-order valence-corrected chi connectivity index (χ4v) is 3.82. The summed E-state index contributed by atoms with van der Waals surface area (Å²) in [6.45, 7) is 0.664. The number of rotatable bonds is 8. The van der Waals surface area contributed by atoms with Crippen LogP contribution in [0.2, 0.25) is 0 Å². The zero-order valence-electron chi connectivity index (χ0n) is 18.5. The van der Waals surface area contributed by atoms with Crippen LogP contribution < -0.4 is 10.3 Å². The van der Waals surface area contributed by atoms with E-state index in [-0.39, 0.29) is 29.8 Å². The Bertz CT molecular complexity index is 1310. The van der Waals surface area contributed by atoms with Crippen LogP contribution in [0, 0.1) is 17.1 Å². The molecule has 3 aromatic rings. The van der Waals surface area contributed by atoms with Crippen molar-refractivity contribution >= 4 is 16.7 Å². The van der Waals surface area contributed by atoms with E-state index in [1.54, 1.807) is 44.5 Å². The number of nitrogens with zero attached hydrogens (tertiary/aromatic N) is 3. The zero-order valence-corrected chi connectivity index (χ0v) is 18.5. The Hall–Kier alpha value is -3.70. The van der Waals surface area contributed by atoms with Gasteiger partial charge in [0.05, 0.1) is 6.61 Å². The second-order valence-corrected chi connectivity index (χ2v) is 8.06. The smallest absolute Gasteiger partial charge is 0.260 e. The average molecular weight is 449 g/mol. The number of benzene rings is 2. The number of likely N-dealkylation sites (N-methyl/N-ethyl adjacent to an activating group) is 1. The van der Waals surface area contributed by atoms with Gasteiger partial charge in [-0.1, -0.05) is 12.1 Å². The largest absolute Gasteiger partial charge is 0.484 e. The van der Waals surface area contributed by atoms with Gasteiger partial charge in [0.1, 0.15) is 23.3 Å². The minimum atomic E-state index is -0.439. The van der Waals surface area contributed by atoms with E-state index in [0.29, 0.717) is 40.8 Å². The average Bonchev–Trinajstić information content (AvgIpc) is 3.65. The van der Waals surface area contributed by atoms with Crippen LogP contribution in [0.3, 0.4) is 0 Å². The van der Waals surface area contributed by atoms with Gasteiger partial charge in [-0.05, 0) is 48.7 Å². The molecule has 2 aromatic carbocycles. The van der Waals surface area contributed by atoms with Crippen LogP contribution in [0.15, 0.2) is 47.3 Å². The molecule has 0 spiro atoms. The van der Waals surface area contributed by atoms with Gasteiger partial charge >= 0.3 is 0 Å². The predicted molar refractivity (Wildman–Crippen MR) is 122 cm³/mol. The van der Waals surface area contributed by atoms with Crippen molar-refractivity contribution in [2.24, 2.45) is 0 Å². The molecule has 1 fully saturated rings. The normalized spacial score (nSPS) is 13.0. The highest BCUT2D eigenvalue weighted by Gasteiger charge is 2.30. The monoisotopic (exact) mass is 449 g/mol. The highest BCUT2D eigenvalue weighted by atomic mass is 19.1. The number of nitriles is 1. The molecular weight excluding hydrogens is 425 g/mol. The first-order valence-corrected chi connectivity index (χ1v) is 10.7. The lowest BCUT2D eigenvalue weighted by Gasteiger charge is -2.18. The SMILES string of the molecule is COCCN(C)C(=O)COc1ccc2c(=O)n(C3CC3)c(C#N)c(-c3cccc(F)c3)c2c1. The molecular formula is C25H24FN3O4. The lowest BCUT2D eigenvalue weighted by atomic mass is 9.96. The van der Waals surface area contributed by atoms with Crippen LogP contribution in [-0.4, -0.2) is 49.3 Å². The molecule has 0 radical (unpaired) electrons. The Morgan fingerprint density at radius 1 is 1.24 bits per heavy atom. The summed E-state index contributed by atoms with van der Waals surface area (Å²) in [5.74, 6) is -0.286. The molecule has 1 aliphatic rings. The van der Waals surface area contributed by atoms with E-state index in [1.165, 1.54) is 21.6 Å². The standard InChI is InChI=1S/C25H24FN3O4/c1-28(10-11-32-2)23(30)15-33-19-8-9-20-21(13-19)24(16-4-3-5-17(26)12-16)22(14-27)29(25(20)31)18-6-7-18/h3-5,8-9,12-13,18H,6-7,10-11,15H2,1-2H3. The second-order valence-electron chi connectivity index (χ2n) is 8.06. The van der Waals surface area contributed by atoms with Crippen molar-refractivity contribution < 1.29 is 18.7 Å². The molecule has 0 atom stereocenters. The van der Waals surface area contributed by atoms with Gasteiger partial charge in [0.15, 0.2) is 6.61 Å². The van der Waals surface area contributed by atoms with Crippen LogP contribution in [-0.2, 0) is 9.53 Å². The fourth-order valence-electron chi connectivity index (χ4n) is 3.82. The third kappa shape index (κ3) is 4.59. The third-order valence-electron chi connectivity index (χ3n) is 5.74. The first-order chi connectivity index (χ1) is 15.9. The number of hydrogen-bond donors (Lipinski definition) is 0. The second kappa shape index (κ2) is 9.43. The van der Waals surface area contributed by atoms with E-state index < -0.39 is 5.82 Å². The molecule has 7 nitrogen and oxygen atoms in total. The summed E-state index contributed by atoms with van der Waals surface area (Å²) in [6.07, 6.45) is 1.64. The van der Waals surface area contributed by atoms with Crippen molar-refractivity contribution in [2.75, 3.05) is 33.9 Å². The Kier molecular flexibility index (Phi) is 6.43. The number of hydrogen-bond acceptors (Lipinski definition) is 5. The molecule has 1 amide bonds. The molecule has 0 bridgehead atoms. The van der Waals surface area contributed by atoms with Crippen molar-refractivity contribution in [3.63, 3.8) is 0 Å². The van der Waals surface area contributed by atoms with Crippen LogP contribution >= 0.6 is 0 Å². The molecule has 1 heterocycles. The number of amides is 1. The maximum atomic E-state index is 14.1. The highest BCUT2D eigenvalue weighted by molar-refractivity contribution is 5.99. The van der Waals surface area contributed by atoms with E-state index in [4.69, 9.17) is 9.47 Å². The lowest BCUT2D eigenvalue weighted by Crippen LogP contribution is -2.33. The van der Waals surface area contributed by atoms with Gasteiger partial charge in [-0.25, -0.2) is 4.39 Å². The minimum absolute atomic E-state index is 0.0277. The van der Waals surface area contributed by atoms with Crippen molar-refractivity contribution in [3.8, 4) is 22.9 Å². The summed E-state index contributed by atoms with van der Waals surface area (Å²) in [7, 11) is 3.22. The summed E-state index contributed by atoms with van der Waals surface area (Å²) in [6, 6.07) is 13.0. The molecule has 0 aliphatic heterocycles. The molecule has 0 saturated heterocycles. The van der Waals surface area contributed by atoms with E-state index in [0.717, 1.165) is 12.8 Å². The topological polar surface area (TPSA) is 84.6 Å². The molecule has 1 aliphatic carbocycles. The van der Waals surface area contributed by atoms with Crippen LogP contribution in [0.5, 0.6) is 5.75 Å². The summed E-state index contributed by atoms with van der Waals surface area (Å²) >= 11 is 0. The van der Waals surface area contributed by atoms with Gasteiger partial charge in [-0.2, -0.15) is 5.26 Å². The summed E-state index contributed by atoms with van der Waals surface area (Å²) in [4.78, 5) is 27.0. The van der Waals surface area contributed by atoms with Gasteiger partial charge in [0.25, 0.3) is 11.5 Å². The van der Waals surface area contributed by atoms with Gasteiger partial charge in [-0.15, -0.1) is 0 Å². The number of carbonyl (C=O) groups excluding carboxylic acids is 1. The maximum absolute atomic E-state index is 14.1. The van der Waals surface area contributed by atoms with Crippen molar-refractivity contribution in [1.82, 2.24) is 9.47 Å². The molecule has 33 heavy (non-hydrogen) atoms. The van der Waals surface area contributed by atoms with Crippen LogP contribution in [0.25, 0.3) is 21.9 Å². The number of halogens is 1. The molecule has 1 saturated carbocycles. The van der Waals surface area contributed by atoms with Gasteiger partial charge < -0.3 is 14.4 Å². The van der Waals surface area contributed by atoms with Gasteiger partial charge in [0, 0.05) is 43.1 Å². The number of carbonyl (C=O) groups is 1. The summed E-state index contributed by atoms with van der Waals surface area (Å²) in [5, 5.41) is 10.9. The molecule has 0 unspecified atom stereocenters. The molecule has 4 rings (SSSR count). The fraction of sp³-hybridized carbons (Fsp3) is 0.320. The van der Waals surface area contributed by atoms with E-state index in [1.807, 2.05) is 0 Å². The minimum Gasteiger partial charge on any atom is -0.484 e. The first-order valence-electron chi connectivity index (χ1n) is 10.7. The zero-order chi connectivity index (χ0) is 23.5. The van der Waals surface area contributed by atoms with E-state index in [9.17, 15) is 19.2 Å². The number of ether oxygens (including phenoxy) is 2. The van der Waals surface area contributed by atoms with E-state index in [2.05, 4.69) is 6.07 Å². The Morgan fingerprint density at radius 2 is 2.03 bits per heavy atom. The summed E-state index contributed by atoms with van der Waals surface area (Å²) in [5.41, 5.74) is 0.921. The Balaban J connectivity index is 1.79. The third-order valence-corrected chi connectivity index (χ3v) is 5.74. The lowest BCUT2D eigenvalue weighted by molar-refractivity contribution is -0.132. The quantitative estimate of drug-likeness (QED) is 0.526. The Labute approximate surface area is 190 Å². The van der Waals surface area contributed by atoms with Crippen LogP contribution in [0.1, 0.15) is 24.6 Å². The molecule has 8 heteroatoms. The maximum Gasteiger partial charge on any atom is 0.260 e. The number of methoxy groups -OCH3 is 1. The van der Waals surface area contributed by atoms with Gasteiger partial charge in [0.2, 0.25) is 0 Å². The van der Waals surface area contributed by atoms with E-state index >= 15 is 0 Å². The number of pyridine rings is 1. The van der Waals surface area contributed by atoms with Crippen molar-refractivity contribution in [3.05, 3.63) is 64.3 Å². The summed E-state index contributed by atoms with van der Waals surface area (Å²) < 4.78 is 26.3. The van der Waals surface area contributed by atoms with Crippen molar-refractivity contribution in [2.45, 2.75) is 18.9 Å². The van der Waals surface area contributed by atoms with Crippen molar-refractivity contribution in [1.29, 1.82) is 5.26 Å². The molecule has 1 aromatic heterocycles. The van der Waals surface area contributed by atoms with Crippen LogP contribution in [0.4, 0.5) is 4.39 Å². The van der Waals surface area contributed by atoms with Gasteiger partial charge in [-0.3, -0.25) is 14.2 Å². The number of fused-ring (bicyclic) bond motifs is 1. The Morgan fingerprint density at radius 3 is 2.70 bits per heavy atom.